The number of rotatable bonds is 2. The summed E-state index contributed by atoms with van der Waals surface area (Å²) < 4.78 is 25.2. The third-order valence-electron chi connectivity index (χ3n) is 1.69. The quantitative estimate of drug-likeness (QED) is 0.585. The fraction of sp³-hybridized carbons (Fsp3) is 0.833. The number of nitrogens with zero attached hydrogens (tertiary/aromatic N) is 1. The topological polar surface area (TPSA) is 55.7 Å². The van der Waals surface area contributed by atoms with Gasteiger partial charge in [0.2, 0.25) is 0 Å². The first-order valence-corrected chi connectivity index (χ1v) is 5.26. The van der Waals surface area contributed by atoms with Gasteiger partial charge < -0.3 is 0 Å². The molecule has 1 unspecified atom stereocenters. The molecule has 0 aromatic carbocycles. The Hall–Kier alpha value is -0.580. The molecule has 1 fully saturated rings. The fourth-order valence-corrected chi connectivity index (χ4v) is 1.04. The van der Waals surface area contributed by atoms with Gasteiger partial charge in [0.15, 0.2) is 0 Å². The summed E-state index contributed by atoms with van der Waals surface area (Å²) in [5, 5.41) is 3.51. The molecular formula is C6H11NO3S. The second kappa shape index (κ2) is 2.81. The minimum Gasteiger partial charge on any atom is -0.269 e. The predicted molar refractivity (Wildman–Crippen MR) is 41.8 cm³/mol. The monoisotopic (exact) mass is 177 g/mol. The van der Waals surface area contributed by atoms with Gasteiger partial charge in [-0.1, -0.05) is 12.1 Å². The smallest absolute Gasteiger partial charge is 0.269 e. The van der Waals surface area contributed by atoms with E-state index in [0.29, 0.717) is 5.92 Å². The van der Waals surface area contributed by atoms with Crippen molar-refractivity contribution in [3.63, 3.8) is 0 Å². The van der Waals surface area contributed by atoms with Crippen LogP contribution in [0.4, 0.5) is 0 Å². The zero-order valence-electron chi connectivity index (χ0n) is 6.57. The van der Waals surface area contributed by atoms with Gasteiger partial charge in [0.25, 0.3) is 0 Å². The highest BCUT2D eigenvalue weighted by Gasteiger charge is 2.22. The minimum atomic E-state index is -3.41. The number of oxime groups is 1. The Morgan fingerprint density at radius 2 is 2.27 bits per heavy atom. The largest absolute Gasteiger partial charge is 0.325 e. The number of hydrogen-bond donors (Lipinski definition) is 0. The Kier molecular flexibility index (Phi) is 2.17. The Morgan fingerprint density at radius 3 is 2.55 bits per heavy atom. The van der Waals surface area contributed by atoms with E-state index in [1.807, 2.05) is 6.92 Å². The third-order valence-corrected chi connectivity index (χ3v) is 2.04. The van der Waals surface area contributed by atoms with E-state index >= 15 is 0 Å². The van der Waals surface area contributed by atoms with Crippen molar-refractivity contribution >= 4 is 15.8 Å². The molecule has 0 amide bonds. The molecular weight excluding hydrogens is 166 g/mol. The standard InChI is InChI=1S/C6H11NO3S/c1-5-3-4-6(5)7-10-11(2,8)9/h5H,3-4H2,1-2H3/b7-6-. The van der Waals surface area contributed by atoms with E-state index < -0.39 is 10.1 Å². The Bertz CT molecular complexity index is 268. The fourth-order valence-electron chi connectivity index (χ4n) is 0.813. The summed E-state index contributed by atoms with van der Waals surface area (Å²) in [6.45, 7) is 1.99. The second-order valence-corrected chi connectivity index (χ2v) is 4.36. The summed E-state index contributed by atoms with van der Waals surface area (Å²) in [7, 11) is -3.41. The highest BCUT2D eigenvalue weighted by molar-refractivity contribution is 7.85. The van der Waals surface area contributed by atoms with Gasteiger partial charge in [-0.2, -0.15) is 8.42 Å². The molecule has 0 saturated heterocycles. The second-order valence-electron chi connectivity index (χ2n) is 2.80. The first kappa shape index (κ1) is 8.52. The molecule has 0 heterocycles. The van der Waals surface area contributed by atoms with Crippen molar-refractivity contribution in [1.29, 1.82) is 0 Å². The molecule has 0 bridgehead atoms. The van der Waals surface area contributed by atoms with Crippen molar-refractivity contribution in [2.45, 2.75) is 19.8 Å². The van der Waals surface area contributed by atoms with Crippen LogP contribution in [0.25, 0.3) is 0 Å². The van der Waals surface area contributed by atoms with E-state index in [1.54, 1.807) is 0 Å². The molecule has 64 valence electrons. The Balaban J connectivity index is 2.48. The van der Waals surface area contributed by atoms with Crippen molar-refractivity contribution in [2.24, 2.45) is 11.1 Å². The van der Waals surface area contributed by atoms with E-state index in [0.717, 1.165) is 24.8 Å². The van der Waals surface area contributed by atoms with Crippen LogP contribution in [-0.2, 0) is 14.4 Å². The summed E-state index contributed by atoms with van der Waals surface area (Å²) in [6, 6.07) is 0. The summed E-state index contributed by atoms with van der Waals surface area (Å²) in [4.78, 5) is 0. The Morgan fingerprint density at radius 1 is 1.64 bits per heavy atom. The van der Waals surface area contributed by atoms with Crippen LogP contribution < -0.4 is 0 Å². The molecule has 1 atom stereocenters. The molecule has 0 aliphatic heterocycles. The van der Waals surface area contributed by atoms with Crippen molar-refractivity contribution in [2.75, 3.05) is 6.26 Å². The van der Waals surface area contributed by atoms with Gasteiger partial charge in [0, 0.05) is 0 Å². The van der Waals surface area contributed by atoms with Crippen molar-refractivity contribution < 1.29 is 12.7 Å². The highest BCUT2D eigenvalue weighted by atomic mass is 32.2. The maximum Gasteiger partial charge on any atom is 0.325 e. The predicted octanol–water partition coefficient (Wildman–Crippen LogP) is 0.749. The van der Waals surface area contributed by atoms with E-state index in [1.165, 1.54) is 0 Å². The van der Waals surface area contributed by atoms with Gasteiger partial charge in [0.05, 0.1) is 12.0 Å². The summed E-state index contributed by atoms with van der Waals surface area (Å²) in [5.41, 5.74) is 0.843. The van der Waals surface area contributed by atoms with Crippen LogP contribution in [0, 0.1) is 5.92 Å². The third kappa shape index (κ3) is 2.49. The van der Waals surface area contributed by atoms with Crippen molar-refractivity contribution in [3.8, 4) is 0 Å². The Labute approximate surface area is 66.4 Å². The van der Waals surface area contributed by atoms with Gasteiger partial charge in [0.1, 0.15) is 0 Å². The minimum absolute atomic E-state index is 0.386. The normalized spacial score (nSPS) is 28.2. The van der Waals surface area contributed by atoms with Gasteiger partial charge in [-0.3, -0.25) is 4.28 Å². The van der Waals surface area contributed by atoms with Crippen molar-refractivity contribution in [3.05, 3.63) is 0 Å². The van der Waals surface area contributed by atoms with Crippen LogP contribution in [-0.4, -0.2) is 20.4 Å². The average molecular weight is 177 g/mol. The highest BCUT2D eigenvalue weighted by Crippen LogP contribution is 2.23. The maximum atomic E-state index is 10.5. The summed E-state index contributed by atoms with van der Waals surface area (Å²) in [6.07, 6.45) is 2.92. The lowest BCUT2D eigenvalue weighted by Crippen LogP contribution is -2.23. The first-order chi connectivity index (χ1) is 4.99. The lowest BCUT2D eigenvalue weighted by atomic mass is 9.85. The molecule has 1 saturated carbocycles. The zero-order chi connectivity index (χ0) is 8.48. The van der Waals surface area contributed by atoms with E-state index in [9.17, 15) is 8.42 Å². The lowest BCUT2D eigenvalue weighted by Gasteiger charge is -2.22. The number of hydrogen-bond acceptors (Lipinski definition) is 4. The molecule has 0 aromatic heterocycles. The van der Waals surface area contributed by atoms with Crippen LogP contribution >= 0.6 is 0 Å². The molecule has 0 spiro atoms. The summed E-state index contributed by atoms with van der Waals surface area (Å²) >= 11 is 0. The summed E-state index contributed by atoms with van der Waals surface area (Å²) in [5.74, 6) is 0.386. The lowest BCUT2D eigenvalue weighted by molar-refractivity contribution is 0.332. The molecule has 11 heavy (non-hydrogen) atoms. The molecule has 0 N–H and O–H groups in total. The SMILES string of the molecule is CC1CC/C1=N/OS(C)(=O)=O. The molecule has 1 aliphatic rings. The van der Waals surface area contributed by atoms with Crippen molar-refractivity contribution in [1.82, 2.24) is 0 Å². The van der Waals surface area contributed by atoms with Gasteiger partial charge >= 0.3 is 10.1 Å². The van der Waals surface area contributed by atoms with E-state index in [-0.39, 0.29) is 0 Å². The van der Waals surface area contributed by atoms with Gasteiger partial charge in [-0.05, 0) is 18.8 Å². The van der Waals surface area contributed by atoms with Gasteiger partial charge in [-0.25, -0.2) is 0 Å². The molecule has 5 heteroatoms. The molecule has 0 aromatic rings. The first-order valence-electron chi connectivity index (χ1n) is 3.44. The zero-order valence-corrected chi connectivity index (χ0v) is 7.39. The molecule has 0 radical (unpaired) electrons. The van der Waals surface area contributed by atoms with E-state index in [4.69, 9.17) is 0 Å². The maximum absolute atomic E-state index is 10.5. The molecule has 4 nitrogen and oxygen atoms in total. The average Bonchev–Trinajstić information content (AvgIpc) is 1.82. The van der Waals surface area contributed by atoms with Crippen LogP contribution in [0.15, 0.2) is 5.16 Å². The van der Waals surface area contributed by atoms with Gasteiger partial charge in [-0.15, -0.1) is 0 Å². The van der Waals surface area contributed by atoms with Crippen LogP contribution in [0.1, 0.15) is 19.8 Å². The van der Waals surface area contributed by atoms with Crippen LogP contribution in [0.5, 0.6) is 0 Å². The molecule has 1 rings (SSSR count). The molecule has 1 aliphatic carbocycles. The van der Waals surface area contributed by atoms with Crippen LogP contribution in [0.2, 0.25) is 0 Å². The van der Waals surface area contributed by atoms with E-state index in [2.05, 4.69) is 9.44 Å². The van der Waals surface area contributed by atoms with Crippen LogP contribution in [0.3, 0.4) is 0 Å².